The van der Waals surface area contributed by atoms with E-state index in [1.807, 2.05) is 6.07 Å². The number of benzene rings is 2. The van der Waals surface area contributed by atoms with E-state index in [0.717, 1.165) is 6.08 Å². The Morgan fingerprint density at radius 1 is 1.19 bits per heavy atom. The van der Waals surface area contributed by atoms with Crippen molar-refractivity contribution in [2.24, 2.45) is 0 Å². The van der Waals surface area contributed by atoms with Crippen molar-refractivity contribution in [2.45, 2.75) is 6.54 Å². The number of nitrogen functional groups attached to an aromatic ring is 1. The van der Waals surface area contributed by atoms with Crippen LogP contribution in [0, 0.1) is 17.1 Å². The molecule has 0 aliphatic rings. The van der Waals surface area contributed by atoms with Crippen LogP contribution in [0.15, 0.2) is 79.7 Å². The summed E-state index contributed by atoms with van der Waals surface area (Å²) < 4.78 is 16.2. The van der Waals surface area contributed by atoms with Gasteiger partial charge in [0.25, 0.3) is 5.91 Å². The van der Waals surface area contributed by atoms with Crippen LogP contribution in [0.25, 0.3) is 22.3 Å². The van der Waals surface area contributed by atoms with Crippen molar-refractivity contribution < 1.29 is 14.0 Å². The quantitative estimate of drug-likeness (QED) is 0.231. The molecule has 0 atom stereocenters. The highest BCUT2D eigenvalue weighted by atomic mass is 19.1. The number of halogens is 1. The maximum Gasteiger partial charge on any atom is 0.268 e. The number of nitrogens with zero attached hydrogens (tertiary/aromatic N) is 6. The second-order valence-electron chi connectivity index (χ2n) is 7.67. The molecule has 2 aromatic carbocycles. The van der Waals surface area contributed by atoms with E-state index in [2.05, 4.69) is 28.2 Å². The lowest BCUT2D eigenvalue weighted by Crippen LogP contribution is -2.34. The minimum atomic E-state index is -0.730. The van der Waals surface area contributed by atoms with Gasteiger partial charge in [0.2, 0.25) is 0 Å². The molecule has 2 N–H and O–H groups in total. The average Bonchev–Trinajstić information content (AvgIpc) is 3.28. The number of fused-ring (bicyclic) bond motifs is 1. The normalized spacial score (nSPS) is 10.6. The van der Waals surface area contributed by atoms with Gasteiger partial charge in [0.15, 0.2) is 11.4 Å². The molecule has 0 fully saturated rings. The van der Waals surface area contributed by atoms with Crippen LogP contribution in [0.4, 0.5) is 15.9 Å². The summed E-state index contributed by atoms with van der Waals surface area (Å²) in [6, 6.07) is 14.7. The Bertz CT molecular complexity index is 1550. The Morgan fingerprint density at radius 2 is 1.94 bits per heavy atom. The van der Waals surface area contributed by atoms with Gasteiger partial charge in [-0.15, -0.1) is 0 Å². The fraction of sp³-hybridized carbons (Fsp3) is 0.0769. The van der Waals surface area contributed by atoms with Gasteiger partial charge in [0.05, 0.1) is 17.5 Å². The molecule has 178 valence electrons. The summed E-state index contributed by atoms with van der Waals surface area (Å²) in [4.78, 5) is 34.4. The van der Waals surface area contributed by atoms with E-state index >= 15 is 0 Å². The molecule has 0 aliphatic heterocycles. The number of ketones is 1. The van der Waals surface area contributed by atoms with Gasteiger partial charge < -0.3 is 10.6 Å². The first kappa shape index (κ1) is 24.0. The van der Waals surface area contributed by atoms with Gasteiger partial charge in [-0.3, -0.25) is 9.59 Å². The highest BCUT2D eigenvalue weighted by Gasteiger charge is 2.22. The van der Waals surface area contributed by atoms with Gasteiger partial charge in [-0.2, -0.15) is 10.4 Å². The second-order valence-corrected chi connectivity index (χ2v) is 7.67. The fourth-order valence-corrected chi connectivity index (χ4v) is 3.72. The monoisotopic (exact) mass is 481 g/mol. The number of amides is 1. The number of para-hydroxylation sites is 1. The summed E-state index contributed by atoms with van der Waals surface area (Å²) in [6.45, 7) is 7.22. The molecule has 4 aromatic rings. The van der Waals surface area contributed by atoms with Crippen LogP contribution in [0.1, 0.15) is 10.4 Å². The van der Waals surface area contributed by atoms with Gasteiger partial charge in [-0.05, 0) is 30.3 Å². The molecule has 36 heavy (non-hydrogen) atoms. The summed E-state index contributed by atoms with van der Waals surface area (Å²) in [7, 11) is 0. The maximum atomic E-state index is 14.7. The molecular weight excluding hydrogens is 461 g/mol. The molecule has 0 radical (unpaired) electrons. The van der Waals surface area contributed by atoms with Gasteiger partial charge in [-0.1, -0.05) is 37.4 Å². The minimum Gasteiger partial charge on any atom is -0.383 e. The van der Waals surface area contributed by atoms with E-state index in [0.29, 0.717) is 28.0 Å². The molecular formula is C26H20FN7O2. The van der Waals surface area contributed by atoms with Crippen LogP contribution in [0.3, 0.4) is 0 Å². The number of carbonyl (C=O) groups is 2. The predicted octanol–water partition coefficient (Wildman–Crippen LogP) is 3.70. The van der Waals surface area contributed by atoms with Crippen LogP contribution in [-0.2, 0) is 11.3 Å². The number of nitriles is 1. The van der Waals surface area contributed by atoms with Gasteiger partial charge in [0.1, 0.15) is 35.3 Å². The van der Waals surface area contributed by atoms with E-state index in [1.165, 1.54) is 28.0 Å². The molecule has 0 spiro atoms. The van der Waals surface area contributed by atoms with E-state index < -0.39 is 17.5 Å². The maximum absolute atomic E-state index is 14.7. The van der Waals surface area contributed by atoms with Crippen LogP contribution in [0.5, 0.6) is 0 Å². The molecule has 2 heterocycles. The van der Waals surface area contributed by atoms with Gasteiger partial charge in [0, 0.05) is 17.8 Å². The first-order valence-corrected chi connectivity index (χ1v) is 10.7. The zero-order chi connectivity index (χ0) is 25.8. The smallest absolute Gasteiger partial charge is 0.268 e. The third-order valence-corrected chi connectivity index (χ3v) is 5.49. The van der Waals surface area contributed by atoms with Crippen molar-refractivity contribution in [1.29, 1.82) is 5.26 Å². The molecule has 4 rings (SSSR count). The molecule has 0 unspecified atom stereocenters. The predicted molar refractivity (Wildman–Crippen MR) is 133 cm³/mol. The number of anilines is 2. The molecule has 0 aliphatic carbocycles. The lowest BCUT2D eigenvalue weighted by atomic mass is 10.0. The summed E-state index contributed by atoms with van der Waals surface area (Å²) in [6.07, 6.45) is 2.32. The minimum absolute atomic E-state index is 0.114. The number of allylic oxidation sites excluding steroid dienone is 1. The number of carbonyl (C=O) groups excluding carboxylic acids is 2. The molecule has 2 aromatic heterocycles. The van der Waals surface area contributed by atoms with E-state index in [9.17, 15) is 19.2 Å². The summed E-state index contributed by atoms with van der Waals surface area (Å²) in [5.41, 5.74) is 7.44. The molecule has 0 bridgehead atoms. The zero-order valence-electron chi connectivity index (χ0n) is 19.1. The number of hydrogen-bond donors (Lipinski definition) is 1. The first-order valence-electron chi connectivity index (χ1n) is 10.7. The van der Waals surface area contributed by atoms with Crippen molar-refractivity contribution in [3.05, 3.63) is 91.0 Å². The summed E-state index contributed by atoms with van der Waals surface area (Å²) >= 11 is 0. The Balaban J connectivity index is 1.75. The van der Waals surface area contributed by atoms with Crippen LogP contribution >= 0.6 is 0 Å². The van der Waals surface area contributed by atoms with Crippen LogP contribution in [0.2, 0.25) is 0 Å². The number of hydrogen-bond acceptors (Lipinski definition) is 7. The van der Waals surface area contributed by atoms with Crippen LogP contribution in [-0.4, -0.2) is 38.0 Å². The van der Waals surface area contributed by atoms with E-state index in [-0.39, 0.29) is 30.0 Å². The topological polar surface area (TPSA) is 131 Å². The van der Waals surface area contributed by atoms with Crippen molar-refractivity contribution >= 4 is 34.2 Å². The van der Waals surface area contributed by atoms with E-state index in [4.69, 9.17) is 5.73 Å². The highest BCUT2D eigenvalue weighted by Crippen LogP contribution is 2.31. The molecule has 9 nitrogen and oxygen atoms in total. The molecule has 0 saturated heterocycles. The second kappa shape index (κ2) is 9.99. The Hall–Kier alpha value is -5.17. The SMILES string of the molecule is C=CC(=O)c1ccc(-c2nn(CCN(C(=O)C(=C)C#N)c3ccccc3)c3ncnc(N)c23)cc1F. The van der Waals surface area contributed by atoms with Crippen LogP contribution < -0.4 is 10.6 Å². The zero-order valence-corrected chi connectivity index (χ0v) is 19.1. The Morgan fingerprint density at radius 3 is 2.61 bits per heavy atom. The first-order chi connectivity index (χ1) is 17.3. The molecule has 0 saturated carbocycles. The van der Waals surface area contributed by atoms with Gasteiger partial charge in [-0.25, -0.2) is 19.0 Å². The standard InChI is InChI=1S/C26H20FN7O2/c1-3-21(35)19-10-9-17(13-20(19)27)23-22-24(29)30-15-31-25(22)34(32-23)12-11-33(26(36)16(2)14-28)18-7-5-4-6-8-18/h3-10,13,15H,1-2,11-12H2,(H2,29,30,31). The lowest BCUT2D eigenvalue weighted by molar-refractivity contribution is -0.114. The fourth-order valence-electron chi connectivity index (χ4n) is 3.72. The third-order valence-electron chi connectivity index (χ3n) is 5.49. The largest absolute Gasteiger partial charge is 0.383 e. The number of rotatable bonds is 8. The van der Waals surface area contributed by atoms with Crippen molar-refractivity contribution in [3.63, 3.8) is 0 Å². The average molecular weight is 481 g/mol. The van der Waals surface area contributed by atoms with E-state index in [1.54, 1.807) is 36.4 Å². The summed E-state index contributed by atoms with van der Waals surface area (Å²) in [5.74, 6) is -1.67. The van der Waals surface area contributed by atoms with Crippen molar-refractivity contribution in [3.8, 4) is 17.3 Å². The Kier molecular flexibility index (Phi) is 6.65. The Labute approximate surface area is 205 Å². The summed E-state index contributed by atoms with van der Waals surface area (Å²) in [5, 5.41) is 14.2. The highest BCUT2D eigenvalue weighted by molar-refractivity contribution is 6.08. The lowest BCUT2D eigenvalue weighted by Gasteiger charge is -2.22. The van der Waals surface area contributed by atoms with Crippen molar-refractivity contribution in [2.75, 3.05) is 17.2 Å². The molecule has 1 amide bonds. The number of nitrogens with two attached hydrogens (primary N) is 1. The van der Waals surface area contributed by atoms with Crippen molar-refractivity contribution in [1.82, 2.24) is 19.7 Å². The third kappa shape index (κ3) is 4.45. The van der Waals surface area contributed by atoms with Gasteiger partial charge >= 0.3 is 0 Å². The molecule has 10 heteroatoms. The number of aromatic nitrogens is 4.